The fourth-order valence-electron chi connectivity index (χ4n) is 3.32. The Morgan fingerprint density at radius 1 is 1.20 bits per heavy atom. The predicted molar refractivity (Wildman–Crippen MR) is 104 cm³/mol. The molecular weight excluding hydrogens is 328 g/mol. The molecule has 0 unspecified atom stereocenters. The molecule has 1 amide bonds. The van der Waals surface area contributed by atoms with Crippen LogP contribution in [0.25, 0.3) is 0 Å². The summed E-state index contributed by atoms with van der Waals surface area (Å²) < 4.78 is 0. The van der Waals surface area contributed by atoms with Crippen molar-refractivity contribution in [3.63, 3.8) is 0 Å². The van der Waals surface area contributed by atoms with Crippen molar-refractivity contribution in [1.82, 2.24) is 9.88 Å². The van der Waals surface area contributed by atoms with E-state index < -0.39 is 0 Å². The van der Waals surface area contributed by atoms with Crippen LogP contribution >= 0.6 is 11.8 Å². The maximum Gasteiger partial charge on any atom is 0.254 e. The Balaban J connectivity index is 1.63. The van der Waals surface area contributed by atoms with Gasteiger partial charge in [0.1, 0.15) is 0 Å². The molecule has 0 spiro atoms. The van der Waals surface area contributed by atoms with Crippen molar-refractivity contribution in [3.05, 3.63) is 59.9 Å². The van der Waals surface area contributed by atoms with Gasteiger partial charge in [-0.2, -0.15) is 0 Å². The van der Waals surface area contributed by atoms with E-state index in [1.807, 2.05) is 24.4 Å². The Bertz CT molecular complexity index is 687. The summed E-state index contributed by atoms with van der Waals surface area (Å²) in [7, 11) is 0. The first-order chi connectivity index (χ1) is 12.1. The number of likely N-dealkylation sites (tertiary alicyclic amines) is 1. The number of hydrogen-bond donors (Lipinski definition) is 0. The Labute approximate surface area is 154 Å². The van der Waals surface area contributed by atoms with Gasteiger partial charge in [0, 0.05) is 41.2 Å². The standard InChI is InChI=1S/C21H26N2OS/c1-16-5-3-6-17(2)23(14-16)21(24)19-8-10-20(11-9-19)25-15-18-7-4-12-22-13-18/h4,7-13,16-17H,3,5-6,14-15H2,1-2H3/t16-,17+/m0/s1. The summed E-state index contributed by atoms with van der Waals surface area (Å²) in [4.78, 5) is 20.3. The number of amides is 1. The monoisotopic (exact) mass is 354 g/mol. The highest BCUT2D eigenvalue weighted by Gasteiger charge is 2.25. The zero-order valence-electron chi connectivity index (χ0n) is 15.0. The van der Waals surface area contributed by atoms with E-state index in [-0.39, 0.29) is 5.91 Å². The fraction of sp³-hybridized carbons (Fsp3) is 0.429. The molecule has 1 fully saturated rings. The van der Waals surface area contributed by atoms with Gasteiger partial charge in [0.05, 0.1) is 0 Å². The quantitative estimate of drug-likeness (QED) is 0.723. The van der Waals surface area contributed by atoms with Crippen LogP contribution in [0.5, 0.6) is 0 Å². The summed E-state index contributed by atoms with van der Waals surface area (Å²) in [5.41, 5.74) is 2.01. The summed E-state index contributed by atoms with van der Waals surface area (Å²) in [6.07, 6.45) is 7.23. The van der Waals surface area contributed by atoms with E-state index in [0.29, 0.717) is 12.0 Å². The molecule has 3 nitrogen and oxygen atoms in total. The third kappa shape index (κ3) is 4.85. The van der Waals surface area contributed by atoms with E-state index in [4.69, 9.17) is 0 Å². The van der Waals surface area contributed by atoms with Crippen molar-refractivity contribution in [2.75, 3.05) is 6.54 Å². The zero-order chi connectivity index (χ0) is 17.6. The topological polar surface area (TPSA) is 33.2 Å². The third-order valence-corrected chi connectivity index (χ3v) is 5.93. The second-order valence-electron chi connectivity index (χ2n) is 7.02. The number of nitrogens with zero attached hydrogens (tertiary/aromatic N) is 2. The van der Waals surface area contributed by atoms with Crippen molar-refractivity contribution in [3.8, 4) is 0 Å². The Morgan fingerprint density at radius 2 is 2.00 bits per heavy atom. The molecule has 1 aliphatic rings. The minimum atomic E-state index is 0.171. The summed E-state index contributed by atoms with van der Waals surface area (Å²) in [6, 6.07) is 12.4. The van der Waals surface area contributed by atoms with Gasteiger partial charge in [-0.3, -0.25) is 9.78 Å². The number of hydrogen-bond acceptors (Lipinski definition) is 3. The predicted octanol–water partition coefficient (Wildman–Crippen LogP) is 5.02. The summed E-state index contributed by atoms with van der Waals surface area (Å²) >= 11 is 1.77. The molecule has 3 rings (SSSR count). The average molecular weight is 355 g/mol. The van der Waals surface area contributed by atoms with Crippen molar-refractivity contribution >= 4 is 17.7 Å². The molecule has 4 heteroatoms. The molecule has 1 aromatic carbocycles. The minimum Gasteiger partial charge on any atom is -0.336 e. The average Bonchev–Trinajstić information content (AvgIpc) is 2.81. The molecule has 0 radical (unpaired) electrons. The van der Waals surface area contributed by atoms with Gasteiger partial charge < -0.3 is 4.90 Å². The highest BCUT2D eigenvalue weighted by molar-refractivity contribution is 7.98. The number of thioether (sulfide) groups is 1. The third-order valence-electron chi connectivity index (χ3n) is 4.85. The second-order valence-corrected chi connectivity index (χ2v) is 8.07. The van der Waals surface area contributed by atoms with Crippen LogP contribution < -0.4 is 0 Å². The van der Waals surface area contributed by atoms with E-state index >= 15 is 0 Å². The lowest BCUT2D eigenvalue weighted by atomic mass is 10.1. The lowest BCUT2D eigenvalue weighted by molar-refractivity contribution is 0.0677. The van der Waals surface area contributed by atoms with E-state index in [0.717, 1.165) is 24.3 Å². The smallest absolute Gasteiger partial charge is 0.254 e. The van der Waals surface area contributed by atoms with Crippen molar-refractivity contribution in [1.29, 1.82) is 0 Å². The summed E-state index contributed by atoms with van der Waals surface area (Å²) in [6.45, 7) is 5.29. The first-order valence-electron chi connectivity index (χ1n) is 9.06. The molecule has 2 aromatic rings. The summed E-state index contributed by atoms with van der Waals surface area (Å²) in [5, 5.41) is 0. The maximum atomic E-state index is 12.9. The van der Waals surface area contributed by atoms with E-state index in [9.17, 15) is 4.79 Å². The Kier molecular flexibility index (Phi) is 6.14. The molecule has 132 valence electrons. The molecule has 0 saturated carbocycles. The van der Waals surface area contributed by atoms with Crippen LogP contribution in [-0.2, 0) is 5.75 Å². The van der Waals surface area contributed by atoms with Gasteiger partial charge in [-0.1, -0.05) is 19.4 Å². The minimum absolute atomic E-state index is 0.171. The van der Waals surface area contributed by atoms with Crippen LogP contribution in [0.4, 0.5) is 0 Å². The second kappa shape index (κ2) is 8.52. The van der Waals surface area contributed by atoms with Gasteiger partial charge in [0.2, 0.25) is 0 Å². The van der Waals surface area contributed by atoms with Gasteiger partial charge in [-0.25, -0.2) is 0 Å². The van der Waals surface area contributed by atoms with Gasteiger partial charge in [0.25, 0.3) is 5.91 Å². The van der Waals surface area contributed by atoms with Gasteiger partial charge in [-0.15, -0.1) is 11.8 Å². The van der Waals surface area contributed by atoms with Crippen molar-refractivity contribution in [2.24, 2.45) is 5.92 Å². The highest BCUT2D eigenvalue weighted by atomic mass is 32.2. The van der Waals surface area contributed by atoms with Gasteiger partial charge in [-0.05, 0) is 61.6 Å². The van der Waals surface area contributed by atoms with Crippen molar-refractivity contribution < 1.29 is 4.79 Å². The van der Waals surface area contributed by atoms with Crippen LogP contribution in [-0.4, -0.2) is 28.4 Å². The number of carbonyl (C=O) groups is 1. The molecule has 2 heterocycles. The number of aromatic nitrogens is 1. The molecule has 0 N–H and O–H groups in total. The normalized spacial score (nSPS) is 21.0. The van der Waals surface area contributed by atoms with Gasteiger partial charge in [0.15, 0.2) is 0 Å². The fourth-order valence-corrected chi connectivity index (χ4v) is 4.15. The van der Waals surface area contributed by atoms with Crippen LogP contribution in [0.3, 0.4) is 0 Å². The van der Waals surface area contributed by atoms with Crippen molar-refractivity contribution in [2.45, 2.75) is 49.8 Å². The number of carbonyl (C=O) groups excluding carboxylic acids is 1. The number of benzene rings is 1. The largest absolute Gasteiger partial charge is 0.336 e. The molecule has 2 atom stereocenters. The first kappa shape index (κ1) is 18.0. The first-order valence-corrected chi connectivity index (χ1v) is 10.0. The highest BCUT2D eigenvalue weighted by Crippen LogP contribution is 2.25. The molecule has 1 aliphatic heterocycles. The lowest BCUT2D eigenvalue weighted by Crippen LogP contribution is -2.39. The lowest BCUT2D eigenvalue weighted by Gasteiger charge is -2.28. The van der Waals surface area contributed by atoms with E-state index in [2.05, 4.69) is 41.9 Å². The Hall–Kier alpha value is -1.81. The number of rotatable bonds is 4. The summed E-state index contributed by atoms with van der Waals surface area (Å²) in [5.74, 6) is 1.65. The van der Waals surface area contributed by atoms with Crippen LogP contribution in [0.2, 0.25) is 0 Å². The SMILES string of the molecule is C[C@H]1CCC[C@@H](C)N(C(=O)c2ccc(SCc3cccnc3)cc2)C1. The van der Waals surface area contributed by atoms with E-state index in [1.165, 1.54) is 23.3 Å². The molecule has 1 aromatic heterocycles. The molecule has 1 saturated heterocycles. The number of pyridine rings is 1. The van der Waals surface area contributed by atoms with E-state index in [1.54, 1.807) is 18.0 Å². The molecule has 0 bridgehead atoms. The maximum absolute atomic E-state index is 12.9. The van der Waals surface area contributed by atoms with Crippen LogP contribution in [0.1, 0.15) is 49.0 Å². The Morgan fingerprint density at radius 3 is 2.72 bits per heavy atom. The van der Waals surface area contributed by atoms with Gasteiger partial charge >= 0.3 is 0 Å². The van der Waals surface area contributed by atoms with Crippen LogP contribution in [0, 0.1) is 5.92 Å². The molecule has 0 aliphatic carbocycles. The zero-order valence-corrected chi connectivity index (χ0v) is 15.8. The molecule has 25 heavy (non-hydrogen) atoms. The molecular formula is C21H26N2OS. The van der Waals surface area contributed by atoms with Crippen LogP contribution in [0.15, 0.2) is 53.7 Å².